The first-order chi connectivity index (χ1) is 32.6. The number of nitrogens with one attached hydrogen (secondary N) is 7. The van der Waals surface area contributed by atoms with Gasteiger partial charge in [0.25, 0.3) is 0 Å². The van der Waals surface area contributed by atoms with E-state index in [0.29, 0.717) is 19.4 Å². The predicted molar refractivity (Wildman–Crippen MR) is 273 cm³/mol. The molecular formula is C52H97N7O11. The fourth-order valence-corrected chi connectivity index (χ4v) is 7.69. The number of ether oxygens (including phenoxy) is 3. The number of carbonyl (C=O) groups excluding carboxylic acids is 8. The van der Waals surface area contributed by atoms with E-state index in [0.717, 1.165) is 25.7 Å². The zero-order chi connectivity index (χ0) is 53.6. The van der Waals surface area contributed by atoms with Crippen molar-refractivity contribution in [2.75, 3.05) is 65.8 Å². The zero-order valence-corrected chi connectivity index (χ0v) is 45.9. The summed E-state index contributed by atoms with van der Waals surface area (Å²) in [4.78, 5) is 103. The molecule has 0 aliphatic heterocycles. The molecule has 0 aliphatic rings. The van der Waals surface area contributed by atoms with Gasteiger partial charge in [0.15, 0.2) is 0 Å². The van der Waals surface area contributed by atoms with Crippen LogP contribution in [-0.4, -0.2) is 130 Å². The standard InChI is InChI=1S/C52H97N7O11/c1-15-18-27-50(12,13)58-46(66)23-30-56-43(63)26-33-70-37-52(35-68-31-24-41(61)54-28-21-40(60)53-17-3,36-69-32-25-42(62)55-29-22-45(65)57-49(10,11)16-2)59-44(64)20-19-39(6)34-51(14,38(4)5)47(67)48(7,8)9/h38-39H,15-37H2,1-14H3,(H,53,60)(H,54,61)(H,55,62)(H,56,63)(H,57,65)(H,58,66)(H,59,64). The van der Waals surface area contributed by atoms with Crippen molar-refractivity contribution < 1.29 is 52.6 Å². The van der Waals surface area contributed by atoms with Crippen molar-refractivity contribution in [2.24, 2.45) is 22.7 Å². The van der Waals surface area contributed by atoms with Gasteiger partial charge in [-0.25, -0.2) is 0 Å². The molecule has 0 saturated heterocycles. The van der Waals surface area contributed by atoms with Crippen LogP contribution < -0.4 is 37.2 Å². The lowest BCUT2D eigenvalue weighted by Crippen LogP contribution is -2.58. The summed E-state index contributed by atoms with van der Waals surface area (Å²) >= 11 is 0. The highest BCUT2D eigenvalue weighted by atomic mass is 16.5. The molecular weight excluding hydrogens is 899 g/mol. The first-order valence-electron chi connectivity index (χ1n) is 25.8. The van der Waals surface area contributed by atoms with Gasteiger partial charge in [0, 0.05) is 93.0 Å². The molecule has 0 aliphatic carbocycles. The molecule has 0 saturated carbocycles. The van der Waals surface area contributed by atoms with E-state index in [9.17, 15) is 38.4 Å². The number of rotatable bonds is 39. The van der Waals surface area contributed by atoms with Gasteiger partial charge in [-0.05, 0) is 72.1 Å². The number of Topliss-reactive ketones (excluding diaryl/α,β-unsaturated/α-hetero) is 1. The lowest BCUT2D eigenvalue weighted by molar-refractivity contribution is -0.139. The Hall–Kier alpha value is -4.16. The van der Waals surface area contributed by atoms with Crippen LogP contribution in [0, 0.1) is 22.7 Å². The van der Waals surface area contributed by atoms with Crippen molar-refractivity contribution in [1.82, 2.24) is 37.2 Å². The largest absolute Gasteiger partial charge is 0.378 e. The minimum atomic E-state index is -1.34. The fraction of sp³-hybridized carbons (Fsp3) is 0.846. The van der Waals surface area contributed by atoms with Crippen LogP contribution in [0.15, 0.2) is 0 Å². The number of hydrogen-bond donors (Lipinski definition) is 7. The van der Waals surface area contributed by atoms with Crippen molar-refractivity contribution in [2.45, 2.75) is 197 Å². The maximum Gasteiger partial charge on any atom is 0.222 e. The molecule has 0 aromatic rings. The van der Waals surface area contributed by atoms with E-state index >= 15 is 0 Å². The lowest BCUT2D eigenvalue weighted by atomic mass is 9.63. The first-order valence-corrected chi connectivity index (χ1v) is 25.8. The average Bonchev–Trinajstić information content (AvgIpc) is 3.25. The Kier molecular flexibility index (Phi) is 31.5. The summed E-state index contributed by atoms with van der Waals surface area (Å²) < 4.78 is 18.1. The molecule has 18 nitrogen and oxygen atoms in total. The van der Waals surface area contributed by atoms with E-state index in [1.165, 1.54) is 0 Å². The molecule has 0 radical (unpaired) electrons. The second kappa shape index (κ2) is 33.5. The highest BCUT2D eigenvalue weighted by Crippen LogP contribution is 2.41. The molecule has 18 heteroatoms. The minimum absolute atomic E-state index is 0.00835. The smallest absolute Gasteiger partial charge is 0.222 e. The van der Waals surface area contributed by atoms with Gasteiger partial charge < -0.3 is 51.4 Å². The van der Waals surface area contributed by atoms with E-state index in [2.05, 4.69) is 44.1 Å². The summed E-state index contributed by atoms with van der Waals surface area (Å²) in [7, 11) is 0. The van der Waals surface area contributed by atoms with Gasteiger partial charge in [-0.3, -0.25) is 38.4 Å². The number of carbonyl (C=O) groups is 8. The Bertz CT molecular complexity index is 1630. The number of amides is 7. The van der Waals surface area contributed by atoms with Gasteiger partial charge >= 0.3 is 0 Å². The Morgan fingerprint density at radius 2 is 0.886 bits per heavy atom. The summed E-state index contributed by atoms with van der Waals surface area (Å²) in [5, 5.41) is 19.9. The number of hydrogen-bond acceptors (Lipinski definition) is 11. The maximum absolute atomic E-state index is 14.0. The van der Waals surface area contributed by atoms with E-state index in [1.54, 1.807) is 0 Å². The Morgan fingerprint density at radius 1 is 0.486 bits per heavy atom. The zero-order valence-electron chi connectivity index (χ0n) is 45.9. The monoisotopic (exact) mass is 996 g/mol. The average molecular weight is 996 g/mol. The summed E-state index contributed by atoms with van der Waals surface area (Å²) in [6, 6.07) is 0. The van der Waals surface area contributed by atoms with Gasteiger partial charge in [0.1, 0.15) is 11.3 Å². The molecule has 7 N–H and O–H groups in total. The maximum atomic E-state index is 14.0. The van der Waals surface area contributed by atoms with E-state index in [4.69, 9.17) is 14.2 Å². The molecule has 0 fully saturated rings. The Labute approximate surface area is 421 Å². The predicted octanol–water partition coefficient (Wildman–Crippen LogP) is 5.19. The molecule has 0 bridgehead atoms. The van der Waals surface area contributed by atoms with Crippen molar-refractivity contribution in [3.8, 4) is 0 Å². The van der Waals surface area contributed by atoms with Gasteiger partial charge in [0.05, 0.1) is 39.6 Å². The second-order valence-corrected chi connectivity index (χ2v) is 21.8. The van der Waals surface area contributed by atoms with Crippen LogP contribution in [0.2, 0.25) is 0 Å². The molecule has 0 aromatic carbocycles. The molecule has 3 unspecified atom stereocenters. The first kappa shape index (κ1) is 65.8. The van der Waals surface area contributed by atoms with Crippen LogP contribution in [0.3, 0.4) is 0 Å². The molecule has 406 valence electrons. The number of unbranched alkanes of at least 4 members (excludes halogenated alkanes) is 1. The molecule has 70 heavy (non-hydrogen) atoms. The van der Waals surface area contributed by atoms with Crippen molar-refractivity contribution in [1.29, 1.82) is 0 Å². The van der Waals surface area contributed by atoms with Gasteiger partial charge in [-0.15, -0.1) is 0 Å². The molecule has 7 amide bonds. The van der Waals surface area contributed by atoms with Crippen LogP contribution in [0.25, 0.3) is 0 Å². The fourth-order valence-electron chi connectivity index (χ4n) is 7.69. The Balaban J connectivity index is 6.15. The van der Waals surface area contributed by atoms with Crippen molar-refractivity contribution >= 4 is 47.1 Å². The van der Waals surface area contributed by atoms with Gasteiger partial charge in [0.2, 0.25) is 41.4 Å². The molecule has 0 aromatic heterocycles. The third-order valence-electron chi connectivity index (χ3n) is 12.5. The summed E-state index contributed by atoms with van der Waals surface area (Å²) in [5.41, 5.74) is -3.19. The quantitative estimate of drug-likeness (QED) is 0.0395. The van der Waals surface area contributed by atoms with E-state index < -0.39 is 16.4 Å². The summed E-state index contributed by atoms with van der Waals surface area (Å²) in [6.07, 6.45) is 5.00. The molecule has 0 heterocycles. The van der Waals surface area contributed by atoms with Gasteiger partial charge in [-0.1, -0.05) is 75.2 Å². The molecule has 0 rings (SSSR count). The molecule has 3 atom stereocenters. The minimum Gasteiger partial charge on any atom is -0.378 e. The van der Waals surface area contributed by atoms with Crippen LogP contribution >= 0.6 is 0 Å². The second-order valence-electron chi connectivity index (χ2n) is 21.8. The van der Waals surface area contributed by atoms with Crippen LogP contribution in [0.5, 0.6) is 0 Å². The van der Waals surface area contributed by atoms with Crippen molar-refractivity contribution in [3.05, 3.63) is 0 Å². The summed E-state index contributed by atoms with van der Waals surface area (Å²) in [6.45, 7) is 27.8. The Morgan fingerprint density at radius 3 is 1.27 bits per heavy atom. The number of ketones is 1. The normalized spacial score (nSPS) is 14.1. The van der Waals surface area contributed by atoms with Crippen molar-refractivity contribution in [3.63, 3.8) is 0 Å². The highest BCUT2D eigenvalue weighted by Gasteiger charge is 2.43. The third-order valence-corrected chi connectivity index (χ3v) is 12.5. The summed E-state index contributed by atoms with van der Waals surface area (Å²) in [5.74, 6) is -1.60. The molecule has 0 spiro atoms. The SMILES string of the molecule is CCCCC(C)(C)NC(=O)CCNC(=O)CCOCC(COCCC(=O)NCCC(=O)NCC)(COCCC(=O)NCCC(=O)NC(C)(C)CC)NC(=O)CCC(C)CC(C)(C(=O)C(C)(C)C)C(C)C. The van der Waals surface area contributed by atoms with Crippen LogP contribution in [0.4, 0.5) is 0 Å². The van der Waals surface area contributed by atoms with Crippen LogP contribution in [-0.2, 0) is 52.6 Å². The highest BCUT2D eigenvalue weighted by molar-refractivity contribution is 5.89. The lowest BCUT2D eigenvalue weighted by Gasteiger charge is -2.39. The van der Waals surface area contributed by atoms with E-state index in [1.807, 2.05) is 90.0 Å². The topological polar surface area (TPSA) is 248 Å². The van der Waals surface area contributed by atoms with E-state index in [-0.39, 0.29) is 174 Å². The van der Waals surface area contributed by atoms with Gasteiger partial charge in [-0.2, -0.15) is 0 Å². The van der Waals surface area contributed by atoms with Crippen LogP contribution in [0.1, 0.15) is 180 Å². The third kappa shape index (κ3) is 29.9.